The second kappa shape index (κ2) is 4.63. The Morgan fingerprint density at radius 2 is 2.00 bits per heavy atom. The Labute approximate surface area is 98.7 Å². The Balaban J connectivity index is 2.94. The molecule has 0 spiro atoms. The standard InChI is InChI=1S/C11H23NO3S/c1-9(2)8-16(14,15)12-7-5-6-10(13)11(12,3)4/h9-10,13H,5-8H2,1-4H3. The average molecular weight is 249 g/mol. The Morgan fingerprint density at radius 1 is 1.44 bits per heavy atom. The first kappa shape index (κ1) is 13.9. The summed E-state index contributed by atoms with van der Waals surface area (Å²) in [4.78, 5) is 0. The van der Waals surface area contributed by atoms with Gasteiger partial charge in [0, 0.05) is 6.54 Å². The van der Waals surface area contributed by atoms with E-state index in [1.54, 1.807) is 13.8 Å². The molecule has 1 unspecified atom stereocenters. The fraction of sp³-hybridized carbons (Fsp3) is 1.00. The van der Waals surface area contributed by atoms with Crippen LogP contribution >= 0.6 is 0 Å². The van der Waals surface area contributed by atoms with Gasteiger partial charge in [0.05, 0.1) is 17.4 Å². The fourth-order valence-electron chi connectivity index (χ4n) is 2.24. The molecule has 1 aliphatic rings. The van der Waals surface area contributed by atoms with Gasteiger partial charge in [0.1, 0.15) is 0 Å². The highest BCUT2D eigenvalue weighted by atomic mass is 32.2. The zero-order valence-corrected chi connectivity index (χ0v) is 11.4. The number of aliphatic hydroxyl groups excluding tert-OH is 1. The van der Waals surface area contributed by atoms with Crippen LogP contribution in [0.3, 0.4) is 0 Å². The van der Waals surface area contributed by atoms with Crippen molar-refractivity contribution in [3.63, 3.8) is 0 Å². The Morgan fingerprint density at radius 3 is 2.50 bits per heavy atom. The highest BCUT2D eigenvalue weighted by molar-refractivity contribution is 7.89. The van der Waals surface area contributed by atoms with Gasteiger partial charge in [-0.05, 0) is 32.6 Å². The van der Waals surface area contributed by atoms with Crippen LogP contribution in [0.1, 0.15) is 40.5 Å². The molecule has 0 aromatic carbocycles. The maximum atomic E-state index is 12.2. The highest BCUT2D eigenvalue weighted by Crippen LogP contribution is 2.31. The van der Waals surface area contributed by atoms with Crippen LogP contribution in [-0.2, 0) is 10.0 Å². The average Bonchev–Trinajstić information content (AvgIpc) is 2.06. The maximum absolute atomic E-state index is 12.2. The van der Waals surface area contributed by atoms with Gasteiger partial charge in [-0.15, -0.1) is 0 Å². The van der Waals surface area contributed by atoms with Crippen molar-refractivity contribution in [1.29, 1.82) is 0 Å². The maximum Gasteiger partial charge on any atom is 0.214 e. The molecular formula is C11H23NO3S. The molecule has 0 saturated carbocycles. The lowest BCUT2D eigenvalue weighted by atomic mass is 9.90. The van der Waals surface area contributed by atoms with Gasteiger partial charge in [0.25, 0.3) is 0 Å². The SMILES string of the molecule is CC(C)CS(=O)(=O)N1CCCC(O)C1(C)C. The minimum Gasteiger partial charge on any atom is -0.391 e. The van der Waals surface area contributed by atoms with Crippen molar-refractivity contribution in [3.05, 3.63) is 0 Å². The number of hydrogen-bond donors (Lipinski definition) is 1. The molecule has 4 nitrogen and oxygen atoms in total. The van der Waals surface area contributed by atoms with E-state index in [1.807, 2.05) is 13.8 Å². The summed E-state index contributed by atoms with van der Waals surface area (Å²) in [6.07, 6.45) is 0.853. The van der Waals surface area contributed by atoms with Crippen molar-refractivity contribution in [2.75, 3.05) is 12.3 Å². The smallest absolute Gasteiger partial charge is 0.214 e. The summed E-state index contributed by atoms with van der Waals surface area (Å²) in [6.45, 7) is 7.92. The summed E-state index contributed by atoms with van der Waals surface area (Å²) >= 11 is 0. The fourth-order valence-corrected chi connectivity index (χ4v) is 4.51. The van der Waals surface area contributed by atoms with E-state index in [0.29, 0.717) is 13.0 Å². The topological polar surface area (TPSA) is 57.6 Å². The molecule has 0 bridgehead atoms. The van der Waals surface area contributed by atoms with Gasteiger partial charge in [-0.2, -0.15) is 4.31 Å². The molecule has 0 radical (unpaired) electrons. The molecule has 1 aliphatic heterocycles. The summed E-state index contributed by atoms with van der Waals surface area (Å²) in [6, 6.07) is 0. The van der Waals surface area contributed by atoms with Gasteiger partial charge >= 0.3 is 0 Å². The summed E-state index contributed by atoms with van der Waals surface area (Å²) in [5, 5.41) is 9.90. The van der Waals surface area contributed by atoms with Crippen LogP contribution in [0, 0.1) is 5.92 Å². The molecule has 1 rings (SSSR count). The molecule has 1 atom stereocenters. The first-order chi connectivity index (χ1) is 7.18. The van der Waals surface area contributed by atoms with Crippen molar-refractivity contribution >= 4 is 10.0 Å². The molecule has 16 heavy (non-hydrogen) atoms. The van der Waals surface area contributed by atoms with Crippen LogP contribution < -0.4 is 0 Å². The molecule has 96 valence electrons. The van der Waals surface area contributed by atoms with Crippen LogP contribution in [-0.4, -0.2) is 41.8 Å². The molecule has 1 saturated heterocycles. The molecule has 0 aromatic rings. The summed E-state index contributed by atoms with van der Waals surface area (Å²) in [7, 11) is -3.25. The predicted molar refractivity (Wildman–Crippen MR) is 64.7 cm³/mol. The van der Waals surface area contributed by atoms with Crippen molar-refractivity contribution in [1.82, 2.24) is 4.31 Å². The van der Waals surface area contributed by atoms with Gasteiger partial charge in [-0.25, -0.2) is 8.42 Å². The molecule has 0 aromatic heterocycles. The van der Waals surface area contributed by atoms with Crippen molar-refractivity contribution in [3.8, 4) is 0 Å². The van der Waals surface area contributed by atoms with E-state index in [0.717, 1.165) is 6.42 Å². The monoisotopic (exact) mass is 249 g/mol. The molecule has 0 amide bonds. The molecule has 1 N–H and O–H groups in total. The van der Waals surface area contributed by atoms with Crippen molar-refractivity contribution < 1.29 is 13.5 Å². The highest BCUT2D eigenvalue weighted by Gasteiger charge is 2.43. The zero-order chi connectivity index (χ0) is 12.6. The number of hydrogen-bond acceptors (Lipinski definition) is 3. The number of aliphatic hydroxyl groups is 1. The van der Waals surface area contributed by atoms with Gasteiger partial charge in [0.2, 0.25) is 10.0 Å². The molecule has 1 heterocycles. The second-order valence-corrected chi connectivity index (χ2v) is 7.49. The Kier molecular flexibility index (Phi) is 4.03. The lowest BCUT2D eigenvalue weighted by Crippen LogP contribution is -2.58. The molecule has 5 heteroatoms. The van der Waals surface area contributed by atoms with E-state index in [9.17, 15) is 13.5 Å². The molecule has 1 fully saturated rings. The van der Waals surface area contributed by atoms with Gasteiger partial charge < -0.3 is 5.11 Å². The van der Waals surface area contributed by atoms with E-state index in [-0.39, 0.29) is 11.7 Å². The number of rotatable bonds is 3. The Bertz CT molecular complexity index is 335. The Hall–Kier alpha value is -0.130. The van der Waals surface area contributed by atoms with Crippen molar-refractivity contribution in [2.24, 2.45) is 5.92 Å². The van der Waals surface area contributed by atoms with Crippen LogP contribution in [0.25, 0.3) is 0 Å². The second-order valence-electron chi connectivity index (χ2n) is 5.56. The van der Waals surface area contributed by atoms with Gasteiger partial charge in [-0.3, -0.25) is 0 Å². The van der Waals surface area contributed by atoms with Crippen LogP contribution in [0.2, 0.25) is 0 Å². The lowest BCUT2D eigenvalue weighted by molar-refractivity contribution is 0.000128. The van der Waals surface area contributed by atoms with E-state index < -0.39 is 21.7 Å². The first-order valence-electron chi connectivity index (χ1n) is 5.86. The van der Waals surface area contributed by atoms with Crippen molar-refractivity contribution in [2.45, 2.75) is 52.2 Å². The van der Waals surface area contributed by atoms with E-state index in [1.165, 1.54) is 4.31 Å². The number of sulfonamides is 1. The van der Waals surface area contributed by atoms with E-state index in [4.69, 9.17) is 0 Å². The van der Waals surface area contributed by atoms with Crippen LogP contribution in [0.4, 0.5) is 0 Å². The third-order valence-electron chi connectivity index (χ3n) is 3.18. The minimum absolute atomic E-state index is 0.111. The lowest BCUT2D eigenvalue weighted by Gasteiger charge is -2.44. The summed E-state index contributed by atoms with van der Waals surface area (Å²) < 4.78 is 25.8. The van der Waals surface area contributed by atoms with Crippen LogP contribution in [0.15, 0.2) is 0 Å². The van der Waals surface area contributed by atoms with Gasteiger partial charge in [0.15, 0.2) is 0 Å². The summed E-state index contributed by atoms with van der Waals surface area (Å²) in [5.41, 5.74) is -0.675. The minimum atomic E-state index is -3.25. The number of piperidine rings is 1. The van der Waals surface area contributed by atoms with Gasteiger partial charge in [-0.1, -0.05) is 13.8 Å². The third kappa shape index (κ3) is 2.76. The molecule has 0 aliphatic carbocycles. The quantitative estimate of drug-likeness (QED) is 0.818. The first-order valence-corrected chi connectivity index (χ1v) is 7.47. The van der Waals surface area contributed by atoms with Crippen LogP contribution in [0.5, 0.6) is 0 Å². The predicted octanol–water partition coefficient (Wildman–Crippen LogP) is 1.21. The van der Waals surface area contributed by atoms with E-state index >= 15 is 0 Å². The number of nitrogens with zero attached hydrogens (tertiary/aromatic N) is 1. The summed E-state index contributed by atoms with van der Waals surface area (Å²) in [5.74, 6) is 0.267. The third-order valence-corrected chi connectivity index (χ3v) is 5.59. The normalized spacial score (nSPS) is 27.2. The zero-order valence-electron chi connectivity index (χ0n) is 10.6. The van der Waals surface area contributed by atoms with E-state index in [2.05, 4.69) is 0 Å². The largest absolute Gasteiger partial charge is 0.391 e. The molecular weight excluding hydrogens is 226 g/mol.